The maximum Gasteiger partial charge on any atom is 0.0133 e. The van der Waals surface area contributed by atoms with Crippen LogP contribution in [0, 0.1) is 19.8 Å². The molecule has 0 radical (unpaired) electrons. The van der Waals surface area contributed by atoms with Gasteiger partial charge in [0.1, 0.15) is 0 Å². The van der Waals surface area contributed by atoms with Crippen LogP contribution in [-0.4, -0.2) is 13.1 Å². The number of aryl methyl sites for hydroxylation is 2. The Morgan fingerprint density at radius 2 is 1.68 bits per heavy atom. The molecule has 1 unspecified atom stereocenters. The second-order valence-corrected chi connectivity index (χ2v) is 5.87. The first kappa shape index (κ1) is 16.2. The molecule has 0 fully saturated rings. The van der Waals surface area contributed by atoms with Gasteiger partial charge in [-0.3, -0.25) is 0 Å². The van der Waals surface area contributed by atoms with Crippen molar-refractivity contribution >= 4 is 0 Å². The summed E-state index contributed by atoms with van der Waals surface area (Å²) in [4.78, 5) is 0. The number of likely N-dealkylation sites (N-methyl/N-ethyl adjacent to an activating group) is 1. The molecule has 19 heavy (non-hydrogen) atoms. The van der Waals surface area contributed by atoms with Crippen molar-refractivity contribution in [3.8, 4) is 0 Å². The highest BCUT2D eigenvalue weighted by molar-refractivity contribution is 5.31. The molecule has 0 amide bonds. The Morgan fingerprint density at radius 1 is 1.05 bits per heavy atom. The zero-order valence-electron chi connectivity index (χ0n) is 13.4. The molecule has 0 aliphatic heterocycles. The minimum absolute atomic E-state index is 0.611. The fraction of sp³-hybridized carbons (Fsp3) is 0.667. The van der Waals surface area contributed by atoms with E-state index in [1.54, 1.807) is 0 Å². The molecule has 1 N–H and O–H groups in total. The van der Waals surface area contributed by atoms with Crippen molar-refractivity contribution in [2.75, 3.05) is 7.05 Å². The number of nitrogens with one attached hydrogen (secondary N) is 1. The highest BCUT2D eigenvalue weighted by Crippen LogP contribution is 2.22. The van der Waals surface area contributed by atoms with Crippen molar-refractivity contribution in [3.05, 3.63) is 34.9 Å². The number of hydrogen-bond donors (Lipinski definition) is 1. The van der Waals surface area contributed by atoms with Crippen molar-refractivity contribution < 1.29 is 0 Å². The lowest BCUT2D eigenvalue weighted by Gasteiger charge is -2.27. The lowest BCUT2D eigenvalue weighted by molar-refractivity contribution is 0.322. The van der Waals surface area contributed by atoms with E-state index in [9.17, 15) is 0 Å². The molecule has 0 saturated carbocycles. The van der Waals surface area contributed by atoms with Crippen LogP contribution in [0.25, 0.3) is 0 Å². The van der Waals surface area contributed by atoms with Gasteiger partial charge in [0.15, 0.2) is 0 Å². The molecular formula is C18H31N. The lowest BCUT2D eigenvalue weighted by Crippen LogP contribution is -2.35. The van der Waals surface area contributed by atoms with Gasteiger partial charge in [-0.1, -0.05) is 50.5 Å². The number of hydrogen-bond acceptors (Lipinski definition) is 1. The molecule has 1 heteroatoms. The van der Waals surface area contributed by atoms with Gasteiger partial charge in [0.05, 0.1) is 0 Å². The first-order valence-electron chi connectivity index (χ1n) is 7.85. The standard InChI is InChI=1S/C18H31N/c1-6-8-16(9-7-2)18(19-5)13-17-12-14(3)10-11-15(17)4/h10-12,16,18-19H,6-9,13H2,1-5H3. The minimum Gasteiger partial charge on any atom is -0.316 e. The molecule has 1 aromatic carbocycles. The Labute approximate surface area is 119 Å². The first-order chi connectivity index (χ1) is 9.12. The fourth-order valence-corrected chi connectivity index (χ4v) is 3.05. The van der Waals surface area contributed by atoms with Crippen LogP contribution in [-0.2, 0) is 6.42 Å². The van der Waals surface area contributed by atoms with E-state index < -0.39 is 0 Å². The van der Waals surface area contributed by atoms with Gasteiger partial charge in [0.25, 0.3) is 0 Å². The fourth-order valence-electron chi connectivity index (χ4n) is 3.05. The summed E-state index contributed by atoms with van der Waals surface area (Å²) in [5, 5.41) is 3.57. The summed E-state index contributed by atoms with van der Waals surface area (Å²) in [6.07, 6.45) is 6.41. The monoisotopic (exact) mass is 261 g/mol. The SMILES string of the molecule is CCCC(CCC)C(Cc1cc(C)ccc1C)NC. The third kappa shape index (κ3) is 4.99. The molecule has 0 aliphatic carbocycles. The van der Waals surface area contributed by atoms with Crippen molar-refractivity contribution in [3.63, 3.8) is 0 Å². The summed E-state index contributed by atoms with van der Waals surface area (Å²) in [6, 6.07) is 7.43. The van der Waals surface area contributed by atoms with E-state index >= 15 is 0 Å². The van der Waals surface area contributed by atoms with Gasteiger partial charge in [-0.25, -0.2) is 0 Å². The van der Waals surface area contributed by atoms with E-state index in [0.717, 1.165) is 12.3 Å². The van der Waals surface area contributed by atoms with Crippen molar-refractivity contribution in [2.24, 2.45) is 5.92 Å². The number of benzene rings is 1. The minimum atomic E-state index is 0.611. The first-order valence-corrected chi connectivity index (χ1v) is 7.85. The summed E-state index contributed by atoms with van der Waals surface area (Å²) in [5.41, 5.74) is 4.31. The smallest absolute Gasteiger partial charge is 0.0133 e. The zero-order valence-corrected chi connectivity index (χ0v) is 13.4. The molecule has 1 atom stereocenters. The Hall–Kier alpha value is -0.820. The quantitative estimate of drug-likeness (QED) is 0.718. The van der Waals surface area contributed by atoms with Gasteiger partial charge in [-0.2, -0.15) is 0 Å². The highest BCUT2D eigenvalue weighted by atomic mass is 14.9. The van der Waals surface area contributed by atoms with Crippen molar-refractivity contribution in [2.45, 2.75) is 65.8 Å². The lowest BCUT2D eigenvalue weighted by atomic mass is 9.85. The van der Waals surface area contributed by atoms with Crippen LogP contribution in [0.2, 0.25) is 0 Å². The van der Waals surface area contributed by atoms with E-state index in [1.807, 2.05) is 0 Å². The van der Waals surface area contributed by atoms with Crippen molar-refractivity contribution in [1.82, 2.24) is 5.32 Å². The second-order valence-electron chi connectivity index (χ2n) is 5.87. The van der Waals surface area contributed by atoms with Crippen LogP contribution in [0.5, 0.6) is 0 Å². The largest absolute Gasteiger partial charge is 0.316 e. The summed E-state index contributed by atoms with van der Waals surface area (Å²) < 4.78 is 0. The Morgan fingerprint density at radius 3 is 2.21 bits per heavy atom. The molecule has 0 spiro atoms. The average molecular weight is 261 g/mol. The van der Waals surface area contributed by atoms with E-state index in [1.165, 1.54) is 42.4 Å². The van der Waals surface area contributed by atoms with Gasteiger partial charge < -0.3 is 5.32 Å². The Balaban J connectivity index is 2.81. The van der Waals surface area contributed by atoms with Crippen LogP contribution >= 0.6 is 0 Å². The third-order valence-electron chi connectivity index (χ3n) is 4.20. The molecule has 1 rings (SSSR count). The number of rotatable bonds is 8. The summed E-state index contributed by atoms with van der Waals surface area (Å²) in [5.74, 6) is 0.805. The average Bonchev–Trinajstić information content (AvgIpc) is 2.39. The van der Waals surface area contributed by atoms with E-state index in [-0.39, 0.29) is 0 Å². The van der Waals surface area contributed by atoms with Crippen LogP contribution in [0.4, 0.5) is 0 Å². The second kappa shape index (κ2) is 8.37. The third-order valence-corrected chi connectivity index (χ3v) is 4.20. The topological polar surface area (TPSA) is 12.0 Å². The zero-order chi connectivity index (χ0) is 14.3. The van der Waals surface area contributed by atoms with Crippen LogP contribution < -0.4 is 5.32 Å². The molecule has 0 aromatic heterocycles. The van der Waals surface area contributed by atoms with Gasteiger partial charge in [-0.15, -0.1) is 0 Å². The summed E-state index contributed by atoms with van der Waals surface area (Å²) >= 11 is 0. The predicted molar refractivity (Wildman–Crippen MR) is 85.8 cm³/mol. The normalized spacial score (nSPS) is 12.9. The van der Waals surface area contributed by atoms with Crippen LogP contribution in [0.1, 0.15) is 56.2 Å². The predicted octanol–water partition coefficient (Wildman–Crippen LogP) is 4.65. The van der Waals surface area contributed by atoms with Gasteiger partial charge >= 0.3 is 0 Å². The van der Waals surface area contributed by atoms with Crippen LogP contribution in [0.15, 0.2) is 18.2 Å². The summed E-state index contributed by atoms with van der Waals surface area (Å²) in [7, 11) is 2.12. The van der Waals surface area contributed by atoms with E-state index in [0.29, 0.717) is 6.04 Å². The molecule has 108 valence electrons. The molecule has 1 aromatic rings. The maximum atomic E-state index is 3.57. The maximum absolute atomic E-state index is 3.57. The van der Waals surface area contributed by atoms with E-state index in [4.69, 9.17) is 0 Å². The summed E-state index contributed by atoms with van der Waals surface area (Å²) in [6.45, 7) is 9.02. The molecule has 0 aliphatic rings. The van der Waals surface area contributed by atoms with Gasteiger partial charge in [0, 0.05) is 6.04 Å². The molecule has 0 heterocycles. The van der Waals surface area contributed by atoms with Gasteiger partial charge in [-0.05, 0) is 57.2 Å². The van der Waals surface area contributed by atoms with Gasteiger partial charge in [0.2, 0.25) is 0 Å². The Kier molecular flexibility index (Phi) is 7.15. The van der Waals surface area contributed by atoms with Crippen molar-refractivity contribution in [1.29, 1.82) is 0 Å². The molecular weight excluding hydrogens is 230 g/mol. The van der Waals surface area contributed by atoms with Crippen LogP contribution in [0.3, 0.4) is 0 Å². The van der Waals surface area contributed by atoms with E-state index in [2.05, 4.69) is 58.3 Å². The molecule has 0 bridgehead atoms. The highest BCUT2D eigenvalue weighted by Gasteiger charge is 2.19. The Bertz CT molecular complexity index is 364. The molecule has 0 saturated heterocycles. The molecule has 1 nitrogen and oxygen atoms in total.